The molecule has 23 heavy (non-hydrogen) atoms. The molecule has 2 rings (SSSR count). The fourth-order valence-electron chi connectivity index (χ4n) is 1.97. The highest BCUT2D eigenvalue weighted by Crippen LogP contribution is 2.13. The number of hydrogen-bond donors (Lipinski definition) is 0. The van der Waals surface area contributed by atoms with Gasteiger partial charge in [-0.05, 0) is 11.6 Å². The van der Waals surface area contributed by atoms with E-state index in [0.29, 0.717) is 4.73 Å². The van der Waals surface area contributed by atoms with Gasteiger partial charge in [0.1, 0.15) is 5.56 Å². The van der Waals surface area contributed by atoms with E-state index in [9.17, 15) is 14.8 Å². The number of ether oxygens (including phenoxy) is 2. The molecule has 0 saturated heterocycles. The van der Waals surface area contributed by atoms with Crippen LogP contribution < -0.4 is 4.73 Å². The minimum Gasteiger partial charge on any atom is -0.618 e. The number of carbonyl (C=O) groups excluding carboxylic acids is 2. The number of pyridine rings is 1. The van der Waals surface area contributed by atoms with Crippen LogP contribution in [0, 0.1) is 5.21 Å². The first kappa shape index (κ1) is 16.2. The van der Waals surface area contributed by atoms with E-state index >= 15 is 0 Å². The molecule has 0 atom stereocenters. The topological polar surface area (TPSA) is 79.5 Å². The lowest BCUT2D eigenvalue weighted by molar-refractivity contribution is -0.607. The summed E-state index contributed by atoms with van der Waals surface area (Å²) in [7, 11) is 2.36. The Morgan fingerprint density at radius 2 is 1.61 bits per heavy atom. The molecule has 0 aliphatic rings. The highest BCUT2D eigenvalue weighted by Gasteiger charge is 2.23. The second kappa shape index (κ2) is 7.22. The standard InChI is InChI=1S/C17H15NO5/c1-22-16(19)14-10-13(9-8-12-6-4-3-5-7-12)18(21)11-15(14)17(20)23-2/h3-11H,1-2H3/b9-8+. The molecule has 6 nitrogen and oxygen atoms in total. The average Bonchev–Trinajstić information content (AvgIpc) is 2.59. The van der Waals surface area contributed by atoms with Crippen LogP contribution >= 0.6 is 0 Å². The van der Waals surface area contributed by atoms with Gasteiger partial charge >= 0.3 is 11.9 Å². The van der Waals surface area contributed by atoms with Crippen molar-refractivity contribution in [3.63, 3.8) is 0 Å². The molecular weight excluding hydrogens is 298 g/mol. The Bertz CT molecular complexity index is 753. The van der Waals surface area contributed by atoms with Crippen molar-refractivity contribution in [1.29, 1.82) is 0 Å². The Labute approximate surface area is 133 Å². The molecule has 6 heteroatoms. The number of benzene rings is 1. The lowest BCUT2D eigenvalue weighted by atomic mass is 10.1. The van der Waals surface area contributed by atoms with Crippen molar-refractivity contribution in [3.05, 3.63) is 70.2 Å². The van der Waals surface area contributed by atoms with Gasteiger partial charge in [0.25, 0.3) is 0 Å². The normalized spacial score (nSPS) is 10.5. The Kier molecular flexibility index (Phi) is 5.09. The zero-order valence-electron chi connectivity index (χ0n) is 12.7. The smallest absolute Gasteiger partial charge is 0.344 e. The maximum Gasteiger partial charge on any atom is 0.344 e. The summed E-state index contributed by atoms with van der Waals surface area (Å²) in [5, 5.41) is 12.1. The largest absolute Gasteiger partial charge is 0.618 e. The Hall–Kier alpha value is -3.15. The van der Waals surface area contributed by atoms with Crippen molar-refractivity contribution in [2.75, 3.05) is 14.2 Å². The monoisotopic (exact) mass is 313 g/mol. The SMILES string of the molecule is COC(=O)c1cc(/C=C/c2ccccc2)[n+]([O-])cc1C(=O)OC. The van der Waals surface area contributed by atoms with Gasteiger partial charge in [0, 0.05) is 12.1 Å². The van der Waals surface area contributed by atoms with E-state index in [-0.39, 0.29) is 16.8 Å². The predicted octanol–water partition coefficient (Wildman–Crippen LogP) is 2.06. The summed E-state index contributed by atoms with van der Waals surface area (Å²) in [4.78, 5) is 23.5. The summed E-state index contributed by atoms with van der Waals surface area (Å²) < 4.78 is 9.72. The van der Waals surface area contributed by atoms with E-state index in [2.05, 4.69) is 9.47 Å². The number of nitrogens with zero attached hydrogens (tertiary/aromatic N) is 1. The quantitative estimate of drug-likeness (QED) is 0.490. The molecule has 0 aliphatic heterocycles. The van der Waals surface area contributed by atoms with Gasteiger partial charge in [-0.3, -0.25) is 0 Å². The van der Waals surface area contributed by atoms with Crippen LogP contribution in [-0.4, -0.2) is 26.2 Å². The van der Waals surface area contributed by atoms with Crippen LogP contribution in [0.2, 0.25) is 0 Å². The van der Waals surface area contributed by atoms with Crippen LogP contribution in [0.25, 0.3) is 12.2 Å². The van der Waals surface area contributed by atoms with Crippen molar-refractivity contribution >= 4 is 24.1 Å². The first-order chi connectivity index (χ1) is 11.1. The summed E-state index contributed by atoms with van der Waals surface area (Å²) in [6.07, 6.45) is 4.28. The lowest BCUT2D eigenvalue weighted by Gasteiger charge is -2.08. The first-order valence-electron chi connectivity index (χ1n) is 6.73. The third-order valence-corrected chi connectivity index (χ3v) is 3.14. The number of hydrogen-bond acceptors (Lipinski definition) is 5. The number of aromatic nitrogens is 1. The molecule has 0 N–H and O–H groups in total. The van der Waals surface area contributed by atoms with Crippen molar-refractivity contribution in [3.8, 4) is 0 Å². The lowest BCUT2D eigenvalue weighted by Crippen LogP contribution is -2.32. The van der Waals surface area contributed by atoms with Crippen molar-refractivity contribution in [1.82, 2.24) is 0 Å². The highest BCUT2D eigenvalue weighted by molar-refractivity contribution is 6.02. The maximum absolute atomic E-state index is 12.1. The summed E-state index contributed by atoms with van der Waals surface area (Å²) in [6, 6.07) is 10.7. The Morgan fingerprint density at radius 3 is 2.22 bits per heavy atom. The number of methoxy groups -OCH3 is 2. The first-order valence-corrected chi connectivity index (χ1v) is 6.73. The average molecular weight is 313 g/mol. The van der Waals surface area contributed by atoms with Crippen LogP contribution in [0.1, 0.15) is 32.0 Å². The van der Waals surface area contributed by atoms with Gasteiger partial charge in [-0.2, -0.15) is 4.73 Å². The van der Waals surface area contributed by atoms with E-state index in [1.165, 1.54) is 20.3 Å². The highest BCUT2D eigenvalue weighted by atomic mass is 16.5. The summed E-state index contributed by atoms with van der Waals surface area (Å²) in [6.45, 7) is 0. The van der Waals surface area contributed by atoms with Crippen molar-refractivity contribution in [2.45, 2.75) is 0 Å². The van der Waals surface area contributed by atoms with Gasteiger partial charge < -0.3 is 14.7 Å². The van der Waals surface area contributed by atoms with Gasteiger partial charge in [-0.1, -0.05) is 30.3 Å². The Morgan fingerprint density at radius 1 is 1.00 bits per heavy atom. The summed E-state index contributed by atoms with van der Waals surface area (Å²) in [5.41, 5.74) is 0.913. The van der Waals surface area contributed by atoms with Gasteiger partial charge in [0.05, 0.1) is 19.8 Å². The molecule has 0 aliphatic carbocycles. The third kappa shape index (κ3) is 3.74. The van der Waals surface area contributed by atoms with Gasteiger partial charge in [0.2, 0.25) is 5.69 Å². The molecule has 0 spiro atoms. The van der Waals surface area contributed by atoms with E-state index in [0.717, 1.165) is 11.8 Å². The van der Waals surface area contributed by atoms with E-state index < -0.39 is 11.9 Å². The second-order valence-electron chi connectivity index (χ2n) is 4.58. The molecule has 0 unspecified atom stereocenters. The fourth-order valence-corrected chi connectivity index (χ4v) is 1.97. The molecule has 2 aromatic rings. The van der Waals surface area contributed by atoms with Crippen LogP contribution in [0.15, 0.2) is 42.6 Å². The van der Waals surface area contributed by atoms with E-state index in [1.54, 1.807) is 12.2 Å². The van der Waals surface area contributed by atoms with E-state index in [1.807, 2.05) is 30.3 Å². The molecule has 1 aromatic heterocycles. The second-order valence-corrected chi connectivity index (χ2v) is 4.58. The molecule has 0 amide bonds. The molecule has 0 radical (unpaired) electrons. The van der Waals surface area contributed by atoms with Crippen molar-refractivity contribution < 1.29 is 23.8 Å². The number of carbonyl (C=O) groups is 2. The zero-order valence-corrected chi connectivity index (χ0v) is 12.7. The predicted molar refractivity (Wildman–Crippen MR) is 83.5 cm³/mol. The summed E-state index contributed by atoms with van der Waals surface area (Å²) >= 11 is 0. The zero-order chi connectivity index (χ0) is 16.8. The van der Waals surface area contributed by atoms with Crippen LogP contribution in [0.3, 0.4) is 0 Å². The number of esters is 2. The summed E-state index contributed by atoms with van der Waals surface area (Å²) in [5.74, 6) is -1.51. The molecule has 1 aromatic carbocycles. The molecule has 0 bridgehead atoms. The van der Waals surface area contributed by atoms with Gasteiger partial charge in [0.15, 0.2) is 6.20 Å². The fraction of sp³-hybridized carbons (Fsp3) is 0.118. The minimum absolute atomic E-state index is 0.0286. The molecule has 0 saturated carbocycles. The maximum atomic E-state index is 12.1. The third-order valence-electron chi connectivity index (χ3n) is 3.14. The van der Waals surface area contributed by atoms with Crippen LogP contribution in [-0.2, 0) is 9.47 Å². The van der Waals surface area contributed by atoms with Gasteiger partial charge in [-0.15, -0.1) is 0 Å². The minimum atomic E-state index is -0.784. The molecule has 118 valence electrons. The molecule has 0 fully saturated rings. The number of rotatable bonds is 4. The van der Waals surface area contributed by atoms with Gasteiger partial charge in [-0.25, -0.2) is 9.59 Å². The molecular formula is C17H15NO5. The van der Waals surface area contributed by atoms with Crippen LogP contribution in [0.5, 0.6) is 0 Å². The van der Waals surface area contributed by atoms with Crippen LogP contribution in [0.4, 0.5) is 0 Å². The van der Waals surface area contributed by atoms with E-state index in [4.69, 9.17) is 0 Å². The molecule has 1 heterocycles. The van der Waals surface area contributed by atoms with Crippen molar-refractivity contribution in [2.24, 2.45) is 0 Å². The Balaban J connectivity index is 2.47.